The fourth-order valence-electron chi connectivity index (χ4n) is 4.01. The highest BCUT2D eigenvalue weighted by Crippen LogP contribution is 2.40. The fraction of sp³-hybridized carbons (Fsp3) is 0.259. The van der Waals surface area contributed by atoms with Gasteiger partial charge in [0.2, 0.25) is 5.82 Å². The summed E-state index contributed by atoms with van der Waals surface area (Å²) in [4.78, 5) is 6.59. The summed E-state index contributed by atoms with van der Waals surface area (Å²) in [5.74, 6) is 0.378. The van der Waals surface area contributed by atoms with Crippen LogP contribution in [0.4, 0.5) is 13.2 Å². The van der Waals surface area contributed by atoms with Crippen molar-refractivity contribution in [3.63, 3.8) is 0 Å². The van der Waals surface area contributed by atoms with Crippen molar-refractivity contribution in [1.29, 1.82) is 0 Å². The second-order valence-electron chi connectivity index (χ2n) is 8.43. The van der Waals surface area contributed by atoms with Gasteiger partial charge in [0, 0.05) is 17.7 Å². The summed E-state index contributed by atoms with van der Waals surface area (Å²) in [6.45, 7) is 5.78. The number of benzene rings is 3. The highest BCUT2D eigenvalue weighted by Gasteiger charge is 2.34. The molecule has 3 aromatic carbocycles. The molecule has 0 aliphatic carbocycles. The monoisotopic (exact) mass is 465 g/mol. The second kappa shape index (κ2) is 9.81. The highest BCUT2D eigenvalue weighted by molar-refractivity contribution is 5.74. The van der Waals surface area contributed by atoms with E-state index >= 15 is 0 Å². The Morgan fingerprint density at radius 2 is 1.62 bits per heavy atom. The summed E-state index contributed by atoms with van der Waals surface area (Å²) < 4.78 is 47.1. The molecule has 0 aliphatic rings. The number of alkyl halides is 3. The molecule has 4 aromatic rings. The van der Waals surface area contributed by atoms with Crippen molar-refractivity contribution in [3.8, 4) is 34.0 Å². The first-order valence-electron chi connectivity index (χ1n) is 11.2. The van der Waals surface area contributed by atoms with Gasteiger partial charge in [0.25, 0.3) is 5.89 Å². The molecule has 0 radical (unpaired) electrons. The SMILES string of the molecule is CCCN(C)Cc1ccc(-c2noc(-c3ccc(-c4ccccc4C)c(C(F)(F)F)c3)n2)cc1. The molecule has 0 amide bonds. The molecule has 176 valence electrons. The molecular formula is C27H26F3N3O. The van der Waals surface area contributed by atoms with Gasteiger partial charge >= 0.3 is 6.18 Å². The summed E-state index contributed by atoms with van der Waals surface area (Å²) in [5, 5.41) is 3.99. The maximum atomic E-state index is 13.9. The van der Waals surface area contributed by atoms with Gasteiger partial charge in [-0.2, -0.15) is 18.2 Å². The van der Waals surface area contributed by atoms with E-state index in [4.69, 9.17) is 4.52 Å². The van der Waals surface area contributed by atoms with Crippen molar-refractivity contribution in [3.05, 3.63) is 83.4 Å². The van der Waals surface area contributed by atoms with E-state index in [9.17, 15) is 13.2 Å². The van der Waals surface area contributed by atoms with Crippen LogP contribution in [-0.4, -0.2) is 28.6 Å². The topological polar surface area (TPSA) is 42.2 Å². The lowest BCUT2D eigenvalue weighted by Crippen LogP contribution is -2.18. The van der Waals surface area contributed by atoms with Gasteiger partial charge in [-0.15, -0.1) is 0 Å². The average Bonchev–Trinajstić information content (AvgIpc) is 3.29. The van der Waals surface area contributed by atoms with E-state index in [0.717, 1.165) is 42.3 Å². The average molecular weight is 466 g/mol. The number of aryl methyl sites for hydroxylation is 1. The second-order valence-corrected chi connectivity index (χ2v) is 8.43. The first kappa shape index (κ1) is 23.7. The van der Waals surface area contributed by atoms with E-state index in [1.807, 2.05) is 24.3 Å². The molecule has 34 heavy (non-hydrogen) atoms. The lowest BCUT2D eigenvalue weighted by molar-refractivity contribution is -0.137. The van der Waals surface area contributed by atoms with Gasteiger partial charge in [0.15, 0.2) is 0 Å². The Morgan fingerprint density at radius 3 is 2.29 bits per heavy atom. The third-order valence-electron chi connectivity index (χ3n) is 5.70. The molecule has 0 fully saturated rings. The predicted molar refractivity (Wildman–Crippen MR) is 127 cm³/mol. The molecule has 0 bridgehead atoms. The minimum absolute atomic E-state index is 0.0450. The first-order chi connectivity index (χ1) is 16.3. The molecule has 0 aliphatic heterocycles. The Hall–Kier alpha value is -3.45. The normalized spacial score (nSPS) is 11.9. The zero-order valence-electron chi connectivity index (χ0n) is 19.4. The van der Waals surface area contributed by atoms with E-state index < -0.39 is 11.7 Å². The summed E-state index contributed by atoms with van der Waals surface area (Å²) in [7, 11) is 2.07. The van der Waals surface area contributed by atoms with Crippen LogP contribution in [0.25, 0.3) is 34.0 Å². The standard InChI is InChI=1S/C27H26F3N3O/c1-4-15-33(3)17-19-9-11-20(12-10-19)25-31-26(34-32-25)21-13-14-23(24(16-21)27(28,29)30)22-8-6-5-7-18(22)2/h5-14,16H,4,15,17H2,1-3H3. The molecule has 7 heteroatoms. The summed E-state index contributed by atoms with van der Waals surface area (Å²) in [6.07, 6.45) is -3.44. The fourth-order valence-corrected chi connectivity index (χ4v) is 4.01. The summed E-state index contributed by atoms with van der Waals surface area (Å²) >= 11 is 0. The van der Waals surface area contributed by atoms with E-state index in [-0.39, 0.29) is 17.0 Å². The molecule has 4 rings (SSSR count). The molecule has 0 atom stereocenters. The van der Waals surface area contributed by atoms with Gasteiger partial charge in [-0.05, 0) is 61.3 Å². The Morgan fingerprint density at radius 1 is 0.912 bits per heavy atom. The summed E-state index contributed by atoms with van der Waals surface area (Å²) in [5.41, 5.74) is 2.82. The van der Waals surface area contributed by atoms with Crippen LogP contribution in [0.15, 0.2) is 71.3 Å². The van der Waals surface area contributed by atoms with Crippen LogP contribution in [-0.2, 0) is 12.7 Å². The van der Waals surface area contributed by atoms with E-state index in [2.05, 4.69) is 29.0 Å². The van der Waals surface area contributed by atoms with Gasteiger partial charge < -0.3 is 9.42 Å². The number of aromatic nitrogens is 2. The maximum absolute atomic E-state index is 13.9. The smallest absolute Gasteiger partial charge is 0.334 e. The lowest BCUT2D eigenvalue weighted by atomic mass is 9.94. The molecule has 0 unspecified atom stereocenters. The van der Waals surface area contributed by atoms with Gasteiger partial charge in [-0.3, -0.25) is 0 Å². The third-order valence-corrected chi connectivity index (χ3v) is 5.70. The lowest BCUT2D eigenvalue weighted by Gasteiger charge is -2.15. The van der Waals surface area contributed by atoms with Gasteiger partial charge in [0.05, 0.1) is 5.56 Å². The molecular weight excluding hydrogens is 439 g/mol. The van der Waals surface area contributed by atoms with E-state index in [0.29, 0.717) is 11.4 Å². The number of hydrogen-bond donors (Lipinski definition) is 0. The van der Waals surface area contributed by atoms with Crippen LogP contribution in [0.3, 0.4) is 0 Å². The summed E-state index contributed by atoms with van der Waals surface area (Å²) in [6, 6.07) is 18.9. The predicted octanol–water partition coefficient (Wildman–Crippen LogP) is 7.24. The van der Waals surface area contributed by atoms with Gasteiger partial charge in [-0.1, -0.05) is 66.7 Å². The van der Waals surface area contributed by atoms with Crippen LogP contribution < -0.4 is 0 Å². The van der Waals surface area contributed by atoms with Crippen molar-refractivity contribution in [1.82, 2.24) is 15.0 Å². The zero-order valence-corrected chi connectivity index (χ0v) is 19.4. The van der Waals surface area contributed by atoms with E-state index in [1.165, 1.54) is 6.07 Å². The molecule has 1 heterocycles. The molecule has 0 N–H and O–H groups in total. The number of nitrogens with zero attached hydrogens (tertiary/aromatic N) is 3. The molecule has 1 aromatic heterocycles. The minimum atomic E-state index is -4.53. The van der Waals surface area contributed by atoms with Crippen molar-refractivity contribution in [2.24, 2.45) is 0 Å². The Kier molecular flexibility index (Phi) is 6.84. The number of halogens is 3. The maximum Gasteiger partial charge on any atom is 0.417 e. The van der Waals surface area contributed by atoms with Crippen LogP contribution in [0.1, 0.15) is 30.0 Å². The van der Waals surface area contributed by atoms with Crippen LogP contribution >= 0.6 is 0 Å². The van der Waals surface area contributed by atoms with Crippen LogP contribution in [0, 0.1) is 6.92 Å². The Balaban J connectivity index is 1.63. The minimum Gasteiger partial charge on any atom is -0.334 e. The van der Waals surface area contributed by atoms with Crippen LogP contribution in [0.5, 0.6) is 0 Å². The van der Waals surface area contributed by atoms with Crippen molar-refractivity contribution < 1.29 is 17.7 Å². The van der Waals surface area contributed by atoms with Crippen molar-refractivity contribution in [2.45, 2.75) is 33.0 Å². The Bertz CT molecular complexity index is 1260. The van der Waals surface area contributed by atoms with Crippen LogP contribution in [0.2, 0.25) is 0 Å². The molecule has 0 saturated carbocycles. The zero-order chi connectivity index (χ0) is 24.3. The molecule has 4 nitrogen and oxygen atoms in total. The van der Waals surface area contributed by atoms with E-state index in [1.54, 1.807) is 37.3 Å². The van der Waals surface area contributed by atoms with Crippen molar-refractivity contribution in [2.75, 3.05) is 13.6 Å². The van der Waals surface area contributed by atoms with Gasteiger partial charge in [-0.25, -0.2) is 0 Å². The highest BCUT2D eigenvalue weighted by atomic mass is 19.4. The quantitative estimate of drug-likeness (QED) is 0.289. The third kappa shape index (κ3) is 5.20. The van der Waals surface area contributed by atoms with Crippen molar-refractivity contribution >= 4 is 0 Å². The largest absolute Gasteiger partial charge is 0.417 e. The Labute approximate surface area is 197 Å². The number of rotatable bonds is 7. The first-order valence-corrected chi connectivity index (χ1v) is 11.2. The van der Waals surface area contributed by atoms with Gasteiger partial charge in [0.1, 0.15) is 0 Å². The molecule has 0 saturated heterocycles. The molecule has 0 spiro atoms. The number of hydrogen-bond acceptors (Lipinski definition) is 4.